The Kier molecular flexibility index (Phi) is 5.61. The van der Waals surface area contributed by atoms with Crippen LogP contribution >= 0.6 is 0 Å². The standard InChI is InChI=1S/C19H27N3O2S/c1-3-16-8-10-17(11-9-16)25(23,24)20-15-19(22-13-4-5-14-22)18-7-6-12-21(18)2/h6-12,19-20H,3-5,13-15H2,1-2H3. The first kappa shape index (κ1) is 18.2. The molecule has 0 saturated carbocycles. The summed E-state index contributed by atoms with van der Waals surface area (Å²) in [7, 11) is -1.49. The first-order valence-electron chi connectivity index (χ1n) is 8.95. The fourth-order valence-corrected chi connectivity index (χ4v) is 4.51. The number of nitrogens with zero attached hydrogens (tertiary/aromatic N) is 2. The molecular weight excluding hydrogens is 334 g/mol. The molecule has 136 valence electrons. The van der Waals surface area contributed by atoms with Gasteiger partial charge in [-0.25, -0.2) is 13.1 Å². The van der Waals surface area contributed by atoms with Crippen molar-refractivity contribution in [1.29, 1.82) is 0 Å². The lowest BCUT2D eigenvalue weighted by Crippen LogP contribution is -2.37. The van der Waals surface area contributed by atoms with Crippen LogP contribution in [0.3, 0.4) is 0 Å². The Balaban J connectivity index is 1.76. The van der Waals surface area contributed by atoms with E-state index in [0.29, 0.717) is 11.4 Å². The SMILES string of the molecule is CCc1ccc(S(=O)(=O)NCC(c2cccn2C)N2CCCC2)cc1. The molecule has 0 spiro atoms. The van der Waals surface area contributed by atoms with Crippen molar-refractivity contribution in [3.63, 3.8) is 0 Å². The summed E-state index contributed by atoms with van der Waals surface area (Å²) < 4.78 is 30.2. The highest BCUT2D eigenvalue weighted by atomic mass is 32.2. The molecule has 1 saturated heterocycles. The molecular formula is C19H27N3O2S. The maximum atomic E-state index is 12.7. The second kappa shape index (κ2) is 7.72. The third-order valence-electron chi connectivity index (χ3n) is 5.02. The Morgan fingerprint density at radius 2 is 1.80 bits per heavy atom. The molecule has 1 unspecified atom stereocenters. The van der Waals surface area contributed by atoms with Crippen LogP contribution < -0.4 is 4.72 Å². The summed E-state index contributed by atoms with van der Waals surface area (Å²) in [5.74, 6) is 0. The maximum Gasteiger partial charge on any atom is 0.240 e. The second-order valence-electron chi connectivity index (χ2n) is 6.65. The normalized spacial score (nSPS) is 17.0. The molecule has 1 atom stereocenters. The van der Waals surface area contributed by atoms with Gasteiger partial charge in [0, 0.05) is 25.5 Å². The van der Waals surface area contributed by atoms with Crippen LogP contribution in [0.2, 0.25) is 0 Å². The largest absolute Gasteiger partial charge is 0.353 e. The summed E-state index contributed by atoms with van der Waals surface area (Å²) in [4.78, 5) is 2.70. The molecule has 2 aromatic rings. The predicted molar refractivity (Wildman–Crippen MR) is 100.0 cm³/mol. The molecule has 1 aromatic carbocycles. The molecule has 5 nitrogen and oxygen atoms in total. The fraction of sp³-hybridized carbons (Fsp3) is 0.474. The first-order valence-corrected chi connectivity index (χ1v) is 10.4. The molecule has 1 fully saturated rings. The van der Waals surface area contributed by atoms with E-state index < -0.39 is 10.0 Å². The maximum absolute atomic E-state index is 12.7. The molecule has 1 aromatic heterocycles. The number of sulfonamides is 1. The molecule has 3 rings (SSSR count). The Morgan fingerprint density at radius 3 is 2.36 bits per heavy atom. The van der Waals surface area contributed by atoms with E-state index in [1.54, 1.807) is 12.1 Å². The van der Waals surface area contributed by atoms with Crippen molar-refractivity contribution in [3.05, 3.63) is 53.9 Å². The fourth-order valence-electron chi connectivity index (χ4n) is 3.47. The number of aromatic nitrogens is 1. The third-order valence-corrected chi connectivity index (χ3v) is 6.45. The van der Waals surface area contributed by atoms with Crippen LogP contribution in [0.15, 0.2) is 47.5 Å². The number of hydrogen-bond acceptors (Lipinski definition) is 3. The van der Waals surface area contributed by atoms with Gasteiger partial charge in [-0.15, -0.1) is 0 Å². The zero-order valence-corrected chi connectivity index (χ0v) is 15.8. The zero-order valence-electron chi connectivity index (χ0n) is 15.0. The highest BCUT2D eigenvalue weighted by molar-refractivity contribution is 7.89. The molecule has 25 heavy (non-hydrogen) atoms. The monoisotopic (exact) mass is 361 g/mol. The number of benzene rings is 1. The molecule has 6 heteroatoms. The highest BCUT2D eigenvalue weighted by Crippen LogP contribution is 2.25. The van der Waals surface area contributed by atoms with Crippen molar-refractivity contribution in [1.82, 2.24) is 14.2 Å². The van der Waals surface area contributed by atoms with Gasteiger partial charge in [0.25, 0.3) is 0 Å². The van der Waals surface area contributed by atoms with Gasteiger partial charge in [0.05, 0.1) is 10.9 Å². The van der Waals surface area contributed by atoms with E-state index >= 15 is 0 Å². The van der Waals surface area contributed by atoms with E-state index in [1.807, 2.05) is 31.4 Å². The van der Waals surface area contributed by atoms with Crippen LogP contribution in [-0.2, 0) is 23.5 Å². The summed E-state index contributed by atoms with van der Waals surface area (Å²) in [6.45, 7) is 4.48. The lowest BCUT2D eigenvalue weighted by molar-refractivity contribution is 0.238. The summed E-state index contributed by atoms with van der Waals surface area (Å²) in [5, 5.41) is 0. The van der Waals surface area contributed by atoms with E-state index in [4.69, 9.17) is 0 Å². The molecule has 0 bridgehead atoms. The average Bonchev–Trinajstić information content (AvgIpc) is 3.28. The molecule has 0 aliphatic carbocycles. The van der Waals surface area contributed by atoms with Crippen molar-refractivity contribution in [2.45, 2.75) is 37.1 Å². The van der Waals surface area contributed by atoms with Crippen LogP contribution in [0.1, 0.15) is 37.1 Å². The first-order chi connectivity index (χ1) is 12.0. The van der Waals surface area contributed by atoms with Crippen molar-refractivity contribution in [2.75, 3.05) is 19.6 Å². The van der Waals surface area contributed by atoms with Crippen LogP contribution in [0, 0.1) is 0 Å². The topological polar surface area (TPSA) is 54.3 Å². The van der Waals surface area contributed by atoms with Crippen LogP contribution in [0.5, 0.6) is 0 Å². The van der Waals surface area contributed by atoms with Crippen molar-refractivity contribution < 1.29 is 8.42 Å². The lowest BCUT2D eigenvalue weighted by atomic mass is 10.2. The smallest absolute Gasteiger partial charge is 0.240 e. The van der Waals surface area contributed by atoms with Gasteiger partial charge in [-0.2, -0.15) is 0 Å². The molecule has 1 N–H and O–H groups in total. The van der Waals surface area contributed by atoms with Crippen molar-refractivity contribution in [2.24, 2.45) is 7.05 Å². The highest BCUT2D eigenvalue weighted by Gasteiger charge is 2.27. The zero-order chi connectivity index (χ0) is 17.9. The number of aryl methyl sites for hydroxylation is 2. The van der Waals surface area contributed by atoms with Crippen LogP contribution in [0.4, 0.5) is 0 Å². The van der Waals surface area contributed by atoms with E-state index in [1.165, 1.54) is 12.8 Å². The molecule has 0 amide bonds. The number of rotatable bonds is 7. The summed E-state index contributed by atoms with van der Waals surface area (Å²) in [6.07, 6.45) is 5.26. The minimum atomic E-state index is -3.50. The number of likely N-dealkylation sites (tertiary alicyclic amines) is 1. The van der Waals surface area contributed by atoms with Crippen LogP contribution in [-0.4, -0.2) is 37.5 Å². The second-order valence-corrected chi connectivity index (χ2v) is 8.42. The Labute approximate surface area is 150 Å². The number of nitrogens with one attached hydrogen (secondary N) is 1. The molecule has 1 aliphatic heterocycles. The Bertz CT molecular complexity index is 790. The Morgan fingerprint density at radius 1 is 1.12 bits per heavy atom. The van der Waals surface area contributed by atoms with Gasteiger partial charge in [0.1, 0.15) is 0 Å². The average molecular weight is 362 g/mol. The third kappa shape index (κ3) is 4.14. The van der Waals surface area contributed by atoms with Crippen molar-refractivity contribution >= 4 is 10.0 Å². The summed E-state index contributed by atoms with van der Waals surface area (Å²) in [5.41, 5.74) is 2.28. The van der Waals surface area contributed by atoms with Gasteiger partial charge in [-0.05, 0) is 62.2 Å². The van der Waals surface area contributed by atoms with Gasteiger partial charge in [-0.3, -0.25) is 4.90 Å². The minimum Gasteiger partial charge on any atom is -0.353 e. The van der Waals surface area contributed by atoms with E-state index in [9.17, 15) is 8.42 Å². The van der Waals surface area contributed by atoms with Gasteiger partial charge < -0.3 is 4.57 Å². The predicted octanol–water partition coefficient (Wildman–Crippen LogP) is 2.70. The van der Waals surface area contributed by atoms with Gasteiger partial charge >= 0.3 is 0 Å². The van der Waals surface area contributed by atoms with Gasteiger partial charge in [-0.1, -0.05) is 19.1 Å². The molecule has 0 radical (unpaired) electrons. The van der Waals surface area contributed by atoms with Crippen LogP contribution in [0.25, 0.3) is 0 Å². The number of hydrogen-bond donors (Lipinski definition) is 1. The van der Waals surface area contributed by atoms with E-state index in [0.717, 1.165) is 30.8 Å². The van der Waals surface area contributed by atoms with Gasteiger partial charge in [0.2, 0.25) is 10.0 Å². The van der Waals surface area contributed by atoms with Gasteiger partial charge in [0.15, 0.2) is 0 Å². The van der Waals surface area contributed by atoms with Crippen molar-refractivity contribution in [3.8, 4) is 0 Å². The quantitative estimate of drug-likeness (QED) is 0.825. The molecule has 2 heterocycles. The van der Waals surface area contributed by atoms with E-state index in [-0.39, 0.29) is 6.04 Å². The van der Waals surface area contributed by atoms with E-state index in [2.05, 4.69) is 27.2 Å². The lowest BCUT2D eigenvalue weighted by Gasteiger charge is -2.28. The summed E-state index contributed by atoms with van der Waals surface area (Å²) >= 11 is 0. The Hall–Kier alpha value is -1.63. The molecule has 1 aliphatic rings. The summed E-state index contributed by atoms with van der Waals surface area (Å²) in [6, 6.07) is 11.3. The minimum absolute atomic E-state index is 0.0622.